The van der Waals surface area contributed by atoms with Gasteiger partial charge >= 0.3 is 0 Å². The van der Waals surface area contributed by atoms with Crippen molar-refractivity contribution in [1.82, 2.24) is 9.97 Å². The minimum atomic E-state index is -0.778. The quantitative estimate of drug-likeness (QED) is 0.857. The average Bonchev–Trinajstić information content (AvgIpc) is 2.81. The molecule has 2 rings (SSSR count). The van der Waals surface area contributed by atoms with Crippen molar-refractivity contribution in [2.45, 2.75) is 6.10 Å². The highest BCUT2D eigenvalue weighted by atomic mass is 32.1. The molecule has 0 radical (unpaired) electrons. The summed E-state index contributed by atoms with van der Waals surface area (Å²) in [7, 11) is 1.51. The summed E-state index contributed by atoms with van der Waals surface area (Å²) < 4.78 is 5.03. The number of hydrogen-bond acceptors (Lipinski definition) is 5. The molecule has 5 heteroatoms. The van der Waals surface area contributed by atoms with Gasteiger partial charge < -0.3 is 9.84 Å². The highest BCUT2D eigenvalue weighted by Crippen LogP contribution is 2.27. The number of methoxy groups -OCH3 is 1. The molecule has 2 heterocycles. The Labute approximate surface area is 91.2 Å². The van der Waals surface area contributed by atoms with Crippen molar-refractivity contribution in [1.29, 1.82) is 0 Å². The lowest BCUT2D eigenvalue weighted by Gasteiger charge is -2.10. The van der Waals surface area contributed by atoms with Crippen molar-refractivity contribution >= 4 is 11.3 Å². The molecule has 1 unspecified atom stereocenters. The smallest absolute Gasteiger partial charge is 0.238 e. The van der Waals surface area contributed by atoms with E-state index in [-0.39, 0.29) is 0 Å². The van der Waals surface area contributed by atoms with Crippen LogP contribution in [-0.4, -0.2) is 22.2 Å². The van der Waals surface area contributed by atoms with Crippen molar-refractivity contribution in [2.24, 2.45) is 0 Å². The number of thiophene rings is 1. The molecule has 78 valence electrons. The summed E-state index contributed by atoms with van der Waals surface area (Å²) in [6.07, 6.45) is 2.29. The number of aliphatic hydroxyl groups excluding tert-OH is 1. The third-order valence-electron chi connectivity index (χ3n) is 2.00. The van der Waals surface area contributed by atoms with E-state index in [2.05, 4.69) is 9.97 Å². The molecule has 0 saturated heterocycles. The standard InChI is InChI=1S/C10H10N2O2S/c1-14-10-8(11-3-4-12-10)9(13)7-2-5-15-6-7/h2-6,9,13H,1H3. The lowest BCUT2D eigenvalue weighted by molar-refractivity contribution is 0.208. The molecule has 0 bridgehead atoms. The molecule has 0 aliphatic heterocycles. The Morgan fingerprint density at radius 2 is 2.20 bits per heavy atom. The molecule has 0 aromatic carbocycles. The van der Waals surface area contributed by atoms with E-state index in [0.29, 0.717) is 11.6 Å². The van der Waals surface area contributed by atoms with Gasteiger partial charge in [0.25, 0.3) is 0 Å². The largest absolute Gasteiger partial charge is 0.480 e. The Morgan fingerprint density at radius 1 is 1.40 bits per heavy atom. The molecule has 1 N–H and O–H groups in total. The van der Waals surface area contributed by atoms with Crippen LogP contribution in [0.3, 0.4) is 0 Å². The fourth-order valence-corrected chi connectivity index (χ4v) is 1.95. The second-order valence-electron chi connectivity index (χ2n) is 2.91. The number of rotatable bonds is 3. The van der Waals surface area contributed by atoms with Crippen molar-refractivity contribution in [2.75, 3.05) is 7.11 Å². The summed E-state index contributed by atoms with van der Waals surface area (Å²) in [5.74, 6) is 0.358. The van der Waals surface area contributed by atoms with Gasteiger partial charge in [-0.15, -0.1) is 0 Å². The molecule has 1 atom stereocenters. The van der Waals surface area contributed by atoms with Gasteiger partial charge in [0.1, 0.15) is 11.8 Å². The number of aliphatic hydroxyl groups is 1. The lowest BCUT2D eigenvalue weighted by Crippen LogP contribution is -2.05. The molecular weight excluding hydrogens is 212 g/mol. The van der Waals surface area contributed by atoms with E-state index < -0.39 is 6.10 Å². The summed E-state index contributed by atoms with van der Waals surface area (Å²) >= 11 is 1.53. The lowest BCUT2D eigenvalue weighted by atomic mass is 10.1. The second-order valence-corrected chi connectivity index (χ2v) is 3.69. The second kappa shape index (κ2) is 4.37. The normalized spacial score (nSPS) is 12.4. The van der Waals surface area contributed by atoms with Gasteiger partial charge in [0, 0.05) is 12.4 Å². The van der Waals surface area contributed by atoms with E-state index >= 15 is 0 Å². The summed E-state index contributed by atoms with van der Waals surface area (Å²) in [6.45, 7) is 0. The number of hydrogen-bond donors (Lipinski definition) is 1. The van der Waals surface area contributed by atoms with E-state index in [1.807, 2.05) is 16.8 Å². The van der Waals surface area contributed by atoms with Crippen LogP contribution in [0.5, 0.6) is 5.88 Å². The summed E-state index contributed by atoms with van der Waals surface area (Å²) in [6, 6.07) is 1.85. The Kier molecular flexibility index (Phi) is 2.94. The van der Waals surface area contributed by atoms with Crippen LogP contribution in [0.15, 0.2) is 29.2 Å². The van der Waals surface area contributed by atoms with Crippen LogP contribution in [0.1, 0.15) is 17.4 Å². The van der Waals surface area contributed by atoms with Gasteiger partial charge in [-0.05, 0) is 22.4 Å². The van der Waals surface area contributed by atoms with Gasteiger partial charge in [-0.3, -0.25) is 4.98 Å². The molecular formula is C10H10N2O2S. The van der Waals surface area contributed by atoms with Crippen LogP contribution in [0.4, 0.5) is 0 Å². The molecule has 0 spiro atoms. The van der Waals surface area contributed by atoms with Crippen LogP contribution >= 0.6 is 11.3 Å². The van der Waals surface area contributed by atoms with Gasteiger partial charge in [-0.1, -0.05) is 0 Å². The van der Waals surface area contributed by atoms with Crippen LogP contribution in [-0.2, 0) is 0 Å². The molecule has 0 aliphatic rings. The maximum atomic E-state index is 10.0. The predicted molar refractivity (Wildman–Crippen MR) is 57.0 cm³/mol. The first-order chi connectivity index (χ1) is 7.33. The van der Waals surface area contributed by atoms with E-state index in [0.717, 1.165) is 5.56 Å². The van der Waals surface area contributed by atoms with Gasteiger partial charge in [-0.2, -0.15) is 11.3 Å². The molecule has 15 heavy (non-hydrogen) atoms. The summed E-state index contributed by atoms with van der Waals surface area (Å²) in [5, 5.41) is 13.8. The van der Waals surface area contributed by atoms with E-state index in [1.165, 1.54) is 30.8 Å². The fourth-order valence-electron chi connectivity index (χ4n) is 1.27. The summed E-state index contributed by atoms with van der Waals surface area (Å²) in [5.41, 5.74) is 1.25. The highest BCUT2D eigenvalue weighted by Gasteiger charge is 2.17. The number of nitrogens with zero attached hydrogens (tertiary/aromatic N) is 2. The minimum Gasteiger partial charge on any atom is -0.480 e. The molecule has 0 saturated carbocycles. The first-order valence-electron chi connectivity index (χ1n) is 4.38. The zero-order valence-electron chi connectivity index (χ0n) is 8.12. The Hall–Kier alpha value is -1.46. The number of ether oxygens (including phenoxy) is 1. The SMILES string of the molecule is COc1nccnc1C(O)c1ccsc1. The van der Waals surface area contributed by atoms with Crippen LogP contribution in [0.2, 0.25) is 0 Å². The van der Waals surface area contributed by atoms with Crippen molar-refractivity contribution < 1.29 is 9.84 Å². The van der Waals surface area contributed by atoms with Gasteiger partial charge in [0.15, 0.2) is 0 Å². The first kappa shape index (κ1) is 10.1. The fraction of sp³-hybridized carbons (Fsp3) is 0.200. The Morgan fingerprint density at radius 3 is 2.87 bits per heavy atom. The molecule has 0 aliphatic carbocycles. The Balaban J connectivity index is 2.37. The first-order valence-corrected chi connectivity index (χ1v) is 5.32. The molecule has 2 aromatic rings. The maximum absolute atomic E-state index is 10.0. The molecule has 4 nitrogen and oxygen atoms in total. The van der Waals surface area contributed by atoms with Crippen LogP contribution in [0.25, 0.3) is 0 Å². The van der Waals surface area contributed by atoms with Crippen molar-refractivity contribution in [3.05, 3.63) is 40.5 Å². The van der Waals surface area contributed by atoms with Crippen LogP contribution < -0.4 is 4.74 Å². The van der Waals surface area contributed by atoms with Gasteiger partial charge in [0.2, 0.25) is 5.88 Å². The number of aromatic nitrogens is 2. The zero-order chi connectivity index (χ0) is 10.7. The van der Waals surface area contributed by atoms with E-state index in [9.17, 15) is 5.11 Å². The molecule has 2 aromatic heterocycles. The van der Waals surface area contributed by atoms with Crippen LogP contribution in [0, 0.1) is 0 Å². The third-order valence-corrected chi connectivity index (χ3v) is 2.70. The highest BCUT2D eigenvalue weighted by molar-refractivity contribution is 7.07. The Bertz CT molecular complexity index is 431. The topological polar surface area (TPSA) is 55.2 Å². The summed E-state index contributed by atoms with van der Waals surface area (Å²) in [4.78, 5) is 8.06. The van der Waals surface area contributed by atoms with Crippen molar-refractivity contribution in [3.8, 4) is 5.88 Å². The third kappa shape index (κ3) is 1.98. The van der Waals surface area contributed by atoms with E-state index in [4.69, 9.17) is 4.74 Å². The molecule has 0 amide bonds. The minimum absolute atomic E-state index is 0.358. The predicted octanol–water partition coefficient (Wildman–Crippen LogP) is 1.63. The van der Waals surface area contributed by atoms with Crippen molar-refractivity contribution in [3.63, 3.8) is 0 Å². The maximum Gasteiger partial charge on any atom is 0.238 e. The average molecular weight is 222 g/mol. The van der Waals surface area contributed by atoms with Gasteiger partial charge in [0.05, 0.1) is 7.11 Å². The molecule has 0 fully saturated rings. The van der Waals surface area contributed by atoms with Gasteiger partial charge in [-0.25, -0.2) is 4.98 Å². The van der Waals surface area contributed by atoms with E-state index in [1.54, 1.807) is 0 Å². The zero-order valence-corrected chi connectivity index (χ0v) is 8.94. The monoisotopic (exact) mass is 222 g/mol.